The van der Waals surface area contributed by atoms with Crippen LogP contribution in [0.1, 0.15) is 64.7 Å². The fourth-order valence-electron chi connectivity index (χ4n) is 4.43. The molecule has 0 aliphatic rings. The Labute approximate surface area is 230 Å². The van der Waals surface area contributed by atoms with E-state index in [0.29, 0.717) is 9.26 Å². The van der Waals surface area contributed by atoms with Gasteiger partial charge >= 0.3 is 23.9 Å². The molecule has 0 fully saturated rings. The average Bonchev–Trinajstić information content (AvgIpc) is 2.78. The Morgan fingerprint density at radius 1 is 1.03 bits per heavy atom. The second-order valence-corrected chi connectivity index (χ2v) is 15.8. The molecule has 14 heteroatoms. The number of pyridine rings is 1. The largest absolute Gasteiger partial charge is 0.460 e. The molecule has 0 aliphatic heterocycles. The van der Waals surface area contributed by atoms with Crippen molar-refractivity contribution < 1.29 is 43.9 Å². The van der Waals surface area contributed by atoms with Gasteiger partial charge in [-0.1, -0.05) is 40.5 Å². The number of alkyl halides is 9. The first-order chi connectivity index (χ1) is 17.1. The van der Waals surface area contributed by atoms with Gasteiger partial charge in [-0.3, -0.25) is 9.36 Å². The van der Waals surface area contributed by atoms with E-state index in [-0.39, 0.29) is 18.5 Å². The van der Waals surface area contributed by atoms with Crippen molar-refractivity contribution in [3.63, 3.8) is 0 Å². The maximum Gasteiger partial charge on any atom is 0.460 e. The van der Waals surface area contributed by atoms with Crippen LogP contribution in [0.4, 0.5) is 39.5 Å². The van der Waals surface area contributed by atoms with E-state index in [1.165, 1.54) is 11.5 Å². The lowest BCUT2D eigenvalue weighted by molar-refractivity contribution is -0.396. The van der Waals surface area contributed by atoms with Crippen LogP contribution in [0.3, 0.4) is 0 Å². The van der Waals surface area contributed by atoms with Crippen molar-refractivity contribution in [3.8, 4) is 12.3 Å². The third-order valence-electron chi connectivity index (χ3n) is 6.85. The topological polar surface area (TPSA) is 31.2 Å². The lowest BCUT2D eigenvalue weighted by Gasteiger charge is -2.43. The van der Waals surface area contributed by atoms with E-state index in [1.54, 1.807) is 40.7 Å². The highest BCUT2D eigenvalue weighted by molar-refractivity contribution is 14.1. The molecule has 0 aliphatic carbocycles. The van der Waals surface area contributed by atoms with Gasteiger partial charge < -0.3 is 4.43 Å². The van der Waals surface area contributed by atoms with Crippen LogP contribution in [0.25, 0.3) is 0 Å². The first-order valence-corrected chi connectivity index (χ1v) is 15.1. The lowest BCUT2D eigenvalue weighted by Crippen LogP contribution is -2.61. The van der Waals surface area contributed by atoms with E-state index in [4.69, 9.17) is 10.8 Å². The van der Waals surface area contributed by atoms with Gasteiger partial charge in [0.15, 0.2) is 8.32 Å². The van der Waals surface area contributed by atoms with Crippen LogP contribution in [0.15, 0.2) is 10.9 Å². The van der Waals surface area contributed by atoms with Crippen molar-refractivity contribution in [2.75, 3.05) is 0 Å². The number of terminal acetylenes is 1. The van der Waals surface area contributed by atoms with E-state index in [2.05, 4.69) is 5.92 Å². The van der Waals surface area contributed by atoms with Gasteiger partial charge in [-0.15, -0.1) is 6.42 Å². The summed E-state index contributed by atoms with van der Waals surface area (Å²) in [6.07, 6.45) is -4.11. The van der Waals surface area contributed by atoms with Crippen molar-refractivity contribution in [3.05, 3.63) is 31.2 Å². The third-order valence-corrected chi connectivity index (χ3v) is 13.4. The zero-order chi connectivity index (χ0) is 30.1. The van der Waals surface area contributed by atoms with Gasteiger partial charge in [0.1, 0.15) is 0 Å². The summed E-state index contributed by atoms with van der Waals surface area (Å²) in [6, 6.07) is 0.814. The standard InChI is InChI=1S/C24H31F9INO2Si/c1-8-11-35-19(34)13-17(16(7)20(35)36)18(9-2)37-38(14(3)4,15(5)6)12-10-21(25,26)22(27,28)23(29,30)24(31,32)33/h1,13-15,18H,9-12H2,2-7H3. The average molecular weight is 691 g/mol. The van der Waals surface area contributed by atoms with Gasteiger partial charge in [-0.05, 0) is 64.7 Å². The smallest absolute Gasteiger partial charge is 0.409 e. The fraction of sp³-hybridized carbons (Fsp3) is 0.708. The quantitative estimate of drug-likeness (QED) is 0.0725. The minimum Gasteiger partial charge on any atom is -0.409 e. The Hall–Kier alpha value is -1.21. The predicted molar refractivity (Wildman–Crippen MR) is 137 cm³/mol. The molecule has 0 radical (unpaired) electrons. The van der Waals surface area contributed by atoms with Gasteiger partial charge in [0, 0.05) is 12.0 Å². The molecular weight excluding hydrogens is 660 g/mol. The summed E-state index contributed by atoms with van der Waals surface area (Å²) in [5, 5.41) is 0. The van der Waals surface area contributed by atoms with Crippen molar-refractivity contribution in [2.45, 2.75) is 108 Å². The molecule has 1 unspecified atom stereocenters. The number of nitrogens with zero attached hydrogens (tertiary/aromatic N) is 1. The Balaban J connectivity index is 3.55. The molecule has 0 amide bonds. The van der Waals surface area contributed by atoms with Gasteiger partial charge in [-0.2, -0.15) is 39.5 Å². The molecule has 3 nitrogen and oxygen atoms in total. The minimum atomic E-state index is -6.94. The molecule has 0 saturated carbocycles. The van der Waals surface area contributed by atoms with Gasteiger partial charge in [0.2, 0.25) is 0 Å². The van der Waals surface area contributed by atoms with E-state index < -0.39 is 67.5 Å². The molecule has 38 heavy (non-hydrogen) atoms. The predicted octanol–water partition coefficient (Wildman–Crippen LogP) is 8.49. The second-order valence-electron chi connectivity index (χ2n) is 9.77. The summed E-state index contributed by atoms with van der Waals surface area (Å²) in [6.45, 7) is 9.60. The molecule has 1 aromatic heterocycles. The van der Waals surface area contributed by atoms with E-state index in [0.717, 1.165) is 0 Å². The van der Waals surface area contributed by atoms with Crippen LogP contribution in [-0.4, -0.2) is 36.8 Å². The van der Waals surface area contributed by atoms with Gasteiger partial charge in [-0.25, -0.2) is 0 Å². The van der Waals surface area contributed by atoms with Gasteiger partial charge in [0.05, 0.1) is 16.3 Å². The Morgan fingerprint density at radius 2 is 1.53 bits per heavy atom. The summed E-state index contributed by atoms with van der Waals surface area (Å²) < 4.78 is 130. The highest BCUT2D eigenvalue weighted by Crippen LogP contribution is 2.55. The van der Waals surface area contributed by atoms with Gasteiger partial charge in [0.25, 0.3) is 5.56 Å². The van der Waals surface area contributed by atoms with Crippen LogP contribution in [0.2, 0.25) is 17.1 Å². The normalized spacial score (nSPS) is 14.8. The monoisotopic (exact) mass is 691 g/mol. The molecule has 1 rings (SSSR count). The molecule has 0 bridgehead atoms. The number of aromatic nitrogens is 1. The van der Waals surface area contributed by atoms with Crippen LogP contribution in [-0.2, 0) is 11.0 Å². The maximum absolute atomic E-state index is 14.5. The Kier molecular flexibility index (Phi) is 11.1. The molecule has 1 heterocycles. The highest BCUT2D eigenvalue weighted by atomic mass is 127. The summed E-state index contributed by atoms with van der Waals surface area (Å²) >= 11 is 1.89. The first kappa shape index (κ1) is 34.8. The van der Waals surface area contributed by atoms with Crippen molar-refractivity contribution >= 4 is 30.9 Å². The maximum atomic E-state index is 14.5. The SMILES string of the molecule is C#CCn1c(I)cc(C(CC)O[Si](CCC(F)(F)C(F)(F)C(F)(F)C(F)(F)F)(C(C)C)C(C)C)c(C)c1=O. The number of hydrogen-bond acceptors (Lipinski definition) is 2. The molecule has 218 valence electrons. The van der Waals surface area contributed by atoms with E-state index in [9.17, 15) is 44.3 Å². The first-order valence-electron chi connectivity index (χ1n) is 11.8. The molecular formula is C24H31F9INO2Si. The Morgan fingerprint density at radius 3 is 1.92 bits per heavy atom. The van der Waals surface area contributed by atoms with E-state index in [1.807, 2.05) is 22.6 Å². The van der Waals surface area contributed by atoms with Crippen LogP contribution in [0, 0.1) is 23.0 Å². The highest BCUT2D eigenvalue weighted by Gasteiger charge is 2.81. The van der Waals surface area contributed by atoms with E-state index >= 15 is 0 Å². The molecule has 0 saturated heterocycles. The number of rotatable bonds is 12. The molecule has 1 atom stereocenters. The van der Waals surface area contributed by atoms with Crippen molar-refractivity contribution in [2.24, 2.45) is 0 Å². The number of halogens is 10. The zero-order valence-corrected chi connectivity index (χ0v) is 24.9. The zero-order valence-electron chi connectivity index (χ0n) is 21.8. The molecule has 0 aromatic carbocycles. The molecule has 1 aromatic rings. The molecule has 0 spiro atoms. The molecule has 0 N–H and O–H groups in total. The van der Waals surface area contributed by atoms with Crippen LogP contribution >= 0.6 is 22.6 Å². The van der Waals surface area contributed by atoms with Crippen LogP contribution in [0.5, 0.6) is 0 Å². The summed E-state index contributed by atoms with van der Waals surface area (Å²) in [5.41, 5.74) is -0.761. The fourth-order valence-corrected chi connectivity index (χ4v) is 9.84. The summed E-state index contributed by atoms with van der Waals surface area (Å²) in [4.78, 5) is 12.9. The number of hydrogen-bond donors (Lipinski definition) is 0. The van der Waals surface area contributed by atoms with Crippen LogP contribution < -0.4 is 5.56 Å². The van der Waals surface area contributed by atoms with Crippen molar-refractivity contribution in [1.82, 2.24) is 4.57 Å². The Bertz CT molecular complexity index is 1070. The van der Waals surface area contributed by atoms with Crippen molar-refractivity contribution in [1.29, 1.82) is 0 Å². The lowest BCUT2D eigenvalue weighted by atomic mass is 10.0. The summed E-state index contributed by atoms with van der Waals surface area (Å²) in [5.74, 6) is -16.9. The minimum absolute atomic E-state index is 0.00158. The summed E-state index contributed by atoms with van der Waals surface area (Å²) in [7, 11) is -3.58. The third kappa shape index (κ3) is 6.40. The second kappa shape index (κ2) is 12.1.